The Morgan fingerprint density at radius 3 is 2.90 bits per heavy atom. The summed E-state index contributed by atoms with van der Waals surface area (Å²) in [4.78, 5) is 15.0. The number of carbonyl (C=O) groups is 1. The van der Waals surface area contributed by atoms with Crippen LogP contribution < -0.4 is 9.64 Å². The summed E-state index contributed by atoms with van der Waals surface area (Å²) in [5, 5.41) is 0.430. The van der Waals surface area contributed by atoms with Crippen LogP contribution in [0.4, 0.5) is 5.69 Å². The van der Waals surface area contributed by atoms with Crippen LogP contribution in [0.15, 0.2) is 51.8 Å². The van der Waals surface area contributed by atoms with Crippen LogP contribution in [0.1, 0.15) is 22.8 Å². The molecule has 2 heterocycles. The Kier molecular flexibility index (Phi) is 5.51. The zero-order chi connectivity index (χ0) is 20.4. The molecule has 29 heavy (non-hydrogen) atoms. The number of carbonyl (C=O) groups excluding carboxylic acids is 1. The van der Waals surface area contributed by atoms with Crippen LogP contribution in [0.5, 0.6) is 5.75 Å². The van der Waals surface area contributed by atoms with E-state index < -0.39 is 16.0 Å². The largest absolute Gasteiger partial charge is 0.490 e. The molecule has 0 saturated heterocycles. The second-order valence-electron chi connectivity index (χ2n) is 6.58. The molecule has 0 fully saturated rings. The number of thioether (sulfide) groups is 1. The van der Waals surface area contributed by atoms with Crippen LogP contribution in [0, 0.1) is 0 Å². The smallest absolute Gasteiger partial charge is 0.338 e. The molecule has 0 bridgehead atoms. The summed E-state index contributed by atoms with van der Waals surface area (Å²) in [6.45, 7) is 2.84. The minimum atomic E-state index is -3.40. The molecule has 7 nitrogen and oxygen atoms in total. The van der Waals surface area contributed by atoms with Gasteiger partial charge in [0.15, 0.2) is 5.17 Å². The fourth-order valence-corrected chi connectivity index (χ4v) is 5.39. The summed E-state index contributed by atoms with van der Waals surface area (Å²) >= 11 is 1.25. The van der Waals surface area contributed by atoms with Crippen molar-refractivity contribution in [3.05, 3.63) is 53.6 Å². The number of anilines is 1. The molecule has 0 unspecified atom stereocenters. The van der Waals surface area contributed by atoms with E-state index >= 15 is 0 Å². The number of hydrogen-bond acceptors (Lipinski definition) is 7. The predicted molar refractivity (Wildman–Crippen MR) is 112 cm³/mol. The lowest BCUT2D eigenvalue weighted by Gasteiger charge is -2.22. The Bertz CT molecular complexity index is 1080. The van der Waals surface area contributed by atoms with Crippen LogP contribution in [0.3, 0.4) is 0 Å². The highest BCUT2D eigenvalue weighted by Gasteiger charge is 2.33. The number of fused-ring (bicyclic) bond motifs is 3. The standard InChI is InChI=1S/C20H20N2O5S2/c1-2-14-4-3-5-16(12-14)26-9-10-27-19(23)15-6-7-17-18(13-15)28-20-21-29(24,25)11-8-22(17)20/h3-7,12-13H,2,8-11H2,1H3. The van der Waals surface area contributed by atoms with E-state index in [-0.39, 0.29) is 19.0 Å². The number of sulfonamides is 1. The molecule has 2 aliphatic rings. The van der Waals surface area contributed by atoms with E-state index in [1.54, 1.807) is 18.2 Å². The van der Waals surface area contributed by atoms with Crippen molar-refractivity contribution in [3.63, 3.8) is 0 Å². The number of rotatable bonds is 6. The van der Waals surface area contributed by atoms with Gasteiger partial charge in [-0.3, -0.25) is 0 Å². The second-order valence-corrected chi connectivity index (χ2v) is 9.35. The molecule has 0 amide bonds. The van der Waals surface area contributed by atoms with Crippen molar-refractivity contribution in [3.8, 4) is 5.75 Å². The average Bonchev–Trinajstić information content (AvgIpc) is 3.06. The molecule has 0 radical (unpaired) electrons. The molecule has 2 aromatic carbocycles. The van der Waals surface area contributed by atoms with Crippen molar-refractivity contribution in [1.82, 2.24) is 0 Å². The third kappa shape index (κ3) is 4.40. The van der Waals surface area contributed by atoms with Gasteiger partial charge in [0, 0.05) is 11.4 Å². The Hall–Kier alpha value is -2.52. The monoisotopic (exact) mass is 432 g/mol. The van der Waals surface area contributed by atoms with Crippen molar-refractivity contribution in [2.75, 3.05) is 30.4 Å². The van der Waals surface area contributed by atoms with Crippen molar-refractivity contribution < 1.29 is 22.7 Å². The molecular weight excluding hydrogens is 412 g/mol. The number of amidine groups is 1. The van der Waals surface area contributed by atoms with Gasteiger partial charge in [0.05, 0.1) is 17.0 Å². The third-order valence-electron chi connectivity index (χ3n) is 4.60. The highest BCUT2D eigenvalue weighted by Crippen LogP contribution is 2.42. The van der Waals surface area contributed by atoms with E-state index in [1.807, 2.05) is 29.2 Å². The summed E-state index contributed by atoms with van der Waals surface area (Å²) in [5.74, 6) is 0.294. The van der Waals surface area contributed by atoms with Crippen LogP contribution in [-0.4, -0.2) is 45.1 Å². The second kappa shape index (κ2) is 8.08. The van der Waals surface area contributed by atoms with Crippen LogP contribution >= 0.6 is 11.8 Å². The van der Waals surface area contributed by atoms with Gasteiger partial charge in [0.25, 0.3) is 10.0 Å². The van der Waals surface area contributed by atoms with Gasteiger partial charge in [-0.25, -0.2) is 13.2 Å². The Labute approximate surface area is 173 Å². The summed E-state index contributed by atoms with van der Waals surface area (Å²) < 4.78 is 38.1. The maximum absolute atomic E-state index is 12.3. The van der Waals surface area contributed by atoms with Gasteiger partial charge in [-0.2, -0.15) is 0 Å². The Morgan fingerprint density at radius 2 is 2.07 bits per heavy atom. The SMILES string of the molecule is CCc1cccc(OCCOC(=O)c2ccc3c(c2)SC2=NS(=O)(=O)CCN23)c1. The van der Waals surface area contributed by atoms with Crippen molar-refractivity contribution >= 4 is 38.6 Å². The van der Waals surface area contributed by atoms with Crippen LogP contribution in [-0.2, 0) is 21.2 Å². The summed E-state index contributed by atoms with van der Waals surface area (Å²) in [7, 11) is -3.40. The lowest BCUT2D eigenvalue weighted by atomic mass is 10.2. The number of hydrogen-bond donors (Lipinski definition) is 0. The summed E-state index contributed by atoms with van der Waals surface area (Å²) in [6.07, 6.45) is 0.929. The fraction of sp³-hybridized carbons (Fsp3) is 0.300. The molecule has 0 spiro atoms. The average molecular weight is 433 g/mol. The molecule has 2 aromatic rings. The van der Waals surface area contributed by atoms with Crippen molar-refractivity contribution in [1.29, 1.82) is 0 Å². The first-order valence-electron chi connectivity index (χ1n) is 9.26. The summed E-state index contributed by atoms with van der Waals surface area (Å²) in [6, 6.07) is 13.0. The first kappa shape index (κ1) is 19.8. The van der Waals surface area contributed by atoms with E-state index in [9.17, 15) is 13.2 Å². The van der Waals surface area contributed by atoms with Gasteiger partial charge in [0.2, 0.25) is 0 Å². The van der Waals surface area contributed by atoms with Gasteiger partial charge >= 0.3 is 5.97 Å². The topological polar surface area (TPSA) is 85.3 Å². The Balaban J connectivity index is 1.35. The predicted octanol–water partition coefficient (Wildman–Crippen LogP) is 3.10. The third-order valence-corrected chi connectivity index (χ3v) is 6.91. The maximum Gasteiger partial charge on any atom is 0.338 e. The van der Waals surface area contributed by atoms with Crippen LogP contribution in [0.2, 0.25) is 0 Å². The molecule has 0 aliphatic carbocycles. The van der Waals surface area contributed by atoms with Crippen molar-refractivity contribution in [2.45, 2.75) is 18.2 Å². The summed E-state index contributed by atoms with van der Waals surface area (Å²) in [5.41, 5.74) is 2.45. The normalized spacial score (nSPS) is 16.6. The molecule has 2 aliphatic heterocycles. The zero-order valence-corrected chi connectivity index (χ0v) is 17.5. The number of ether oxygens (including phenoxy) is 2. The molecule has 0 atom stereocenters. The van der Waals surface area contributed by atoms with E-state index in [2.05, 4.69) is 11.3 Å². The number of benzene rings is 2. The quantitative estimate of drug-likeness (QED) is 0.512. The minimum Gasteiger partial charge on any atom is -0.490 e. The van der Waals surface area contributed by atoms with Crippen molar-refractivity contribution in [2.24, 2.45) is 4.40 Å². The lowest BCUT2D eigenvalue weighted by molar-refractivity contribution is 0.0450. The highest BCUT2D eigenvalue weighted by molar-refractivity contribution is 8.15. The molecule has 152 valence electrons. The number of esters is 1. The number of nitrogens with zero attached hydrogens (tertiary/aromatic N) is 2. The van der Waals surface area contributed by atoms with Gasteiger partial charge < -0.3 is 14.4 Å². The van der Waals surface area contributed by atoms with Gasteiger partial charge in [-0.15, -0.1) is 4.40 Å². The van der Waals surface area contributed by atoms with Gasteiger partial charge in [0.1, 0.15) is 19.0 Å². The Morgan fingerprint density at radius 1 is 1.21 bits per heavy atom. The maximum atomic E-state index is 12.3. The highest BCUT2D eigenvalue weighted by atomic mass is 32.2. The van der Waals surface area contributed by atoms with Gasteiger partial charge in [-0.1, -0.05) is 19.1 Å². The van der Waals surface area contributed by atoms with Gasteiger partial charge in [-0.05, 0) is 54.1 Å². The van der Waals surface area contributed by atoms with E-state index in [1.165, 1.54) is 17.3 Å². The first-order valence-corrected chi connectivity index (χ1v) is 11.7. The van der Waals surface area contributed by atoms with E-state index in [4.69, 9.17) is 9.47 Å². The molecular formula is C20H20N2O5S2. The zero-order valence-electron chi connectivity index (χ0n) is 15.8. The first-order chi connectivity index (χ1) is 13.9. The molecule has 0 N–H and O–H groups in total. The molecule has 0 aromatic heterocycles. The lowest BCUT2D eigenvalue weighted by Crippen LogP contribution is -2.35. The van der Waals surface area contributed by atoms with Crippen LogP contribution in [0.25, 0.3) is 0 Å². The molecule has 0 saturated carbocycles. The molecule has 4 rings (SSSR count). The van der Waals surface area contributed by atoms with E-state index in [0.717, 1.165) is 22.8 Å². The fourth-order valence-electron chi connectivity index (χ4n) is 3.09. The minimum absolute atomic E-state index is 0.0124. The van der Waals surface area contributed by atoms with E-state index in [0.29, 0.717) is 17.3 Å². The molecule has 9 heteroatoms. The number of aryl methyl sites for hydroxylation is 1.